The van der Waals surface area contributed by atoms with Crippen molar-refractivity contribution < 1.29 is 21.4 Å². The molecule has 0 spiro atoms. The fourth-order valence-corrected chi connectivity index (χ4v) is 9.76. The largest absolute Gasteiger partial charge is 1.00 e. The van der Waals surface area contributed by atoms with Crippen molar-refractivity contribution in [2.75, 3.05) is 6.16 Å². The van der Waals surface area contributed by atoms with Crippen LogP contribution in [0.5, 0.6) is 0 Å². The van der Waals surface area contributed by atoms with E-state index >= 15 is 0 Å². The van der Waals surface area contributed by atoms with Crippen LogP contribution in [0.3, 0.4) is 0 Å². The first-order valence-corrected chi connectivity index (χ1v) is 15.8. The van der Waals surface area contributed by atoms with E-state index in [-0.39, 0.29) is 28.5 Å². The van der Waals surface area contributed by atoms with Crippen LogP contribution in [0.15, 0.2) is 91.0 Å². The van der Waals surface area contributed by atoms with Crippen LogP contribution in [0.1, 0.15) is 27.2 Å². The van der Waals surface area contributed by atoms with Gasteiger partial charge in [0.1, 0.15) is 23.2 Å². The maximum Gasteiger partial charge on any atom is 0.171 e. The number of hydrogen-bond acceptors (Lipinski definition) is 1. The molecule has 3 rings (SSSR count). The standard InChI is InChI=1S/C27H36OPSi.BrH/c1-27(2,3)26(28-30(4)5)21-22-29(23-15-9-6-10-16-23,24-17-11-7-12-18-24)25-19-13-8-14-20-25;/h6-20,26,30H,21-22H2,1-5H3;1H/q+1;/p-1. The van der Waals surface area contributed by atoms with Crippen LogP contribution in [0.4, 0.5) is 0 Å². The molecule has 0 aliphatic heterocycles. The molecule has 1 unspecified atom stereocenters. The summed E-state index contributed by atoms with van der Waals surface area (Å²) in [6.45, 7) is 11.5. The summed E-state index contributed by atoms with van der Waals surface area (Å²) in [4.78, 5) is 0. The molecule has 0 saturated heterocycles. The highest BCUT2D eigenvalue weighted by atomic mass is 79.9. The lowest BCUT2D eigenvalue weighted by atomic mass is 9.88. The van der Waals surface area contributed by atoms with Crippen LogP contribution in [-0.2, 0) is 4.43 Å². The predicted molar refractivity (Wildman–Crippen MR) is 138 cm³/mol. The van der Waals surface area contributed by atoms with E-state index in [1.54, 1.807) is 0 Å². The Morgan fingerprint density at radius 3 is 1.35 bits per heavy atom. The number of rotatable bonds is 8. The van der Waals surface area contributed by atoms with Gasteiger partial charge in [0.2, 0.25) is 0 Å². The summed E-state index contributed by atoms with van der Waals surface area (Å²) < 4.78 is 6.57. The summed E-state index contributed by atoms with van der Waals surface area (Å²) in [6.07, 6.45) is 2.47. The van der Waals surface area contributed by atoms with E-state index in [0.29, 0.717) is 0 Å². The average molecular weight is 516 g/mol. The monoisotopic (exact) mass is 514 g/mol. The van der Waals surface area contributed by atoms with Gasteiger partial charge in [-0.1, -0.05) is 75.4 Å². The lowest BCUT2D eigenvalue weighted by Gasteiger charge is -2.35. The van der Waals surface area contributed by atoms with Crippen molar-refractivity contribution in [1.29, 1.82) is 0 Å². The smallest absolute Gasteiger partial charge is 0.171 e. The van der Waals surface area contributed by atoms with Crippen molar-refractivity contribution in [3.05, 3.63) is 91.0 Å². The Hall–Kier alpha value is -1.25. The molecular weight excluding hydrogens is 479 g/mol. The van der Waals surface area contributed by atoms with Gasteiger partial charge in [-0.2, -0.15) is 0 Å². The third-order valence-electron chi connectivity index (χ3n) is 5.72. The molecule has 0 aromatic heterocycles. The molecule has 0 aliphatic carbocycles. The lowest BCUT2D eigenvalue weighted by Crippen LogP contribution is -3.00. The normalized spacial score (nSPS) is 13.0. The minimum Gasteiger partial charge on any atom is -1.00 e. The molecule has 0 N–H and O–H groups in total. The zero-order valence-corrected chi connectivity index (χ0v) is 23.1. The molecule has 0 fully saturated rings. The second-order valence-electron chi connectivity index (χ2n) is 9.37. The molecule has 1 atom stereocenters. The Kier molecular flexibility index (Phi) is 9.70. The second kappa shape index (κ2) is 11.6. The van der Waals surface area contributed by atoms with E-state index in [1.807, 2.05) is 0 Å². The zero-order valence-electron chi connectivity index (χ0n) is 19.5. The summed E-state index contributed by atoms with van der Waals surface area (Å²) in [7, 11) is -2.91. The average Bonchev–Trinajstić information content (AvgIpc) is 2.75. The van der Waals surface area contributed by atoms with E-state index < -0.39 is 16.3 Å². The summed E-state index contributed by atoms with van der Waals surface area (Å²) in [5, 5.41) is 4.37. The molecule has 0 heterocycles. The van der Waals surface area contributed by atoms with Gasteiger partial charge in [-0.15, -0.1) is 0 Å². The minimum absolute atomic E-state index is 0. The Morgan fingerprint density at radius 2 is 1.06 bits per heavy atom. The van der Waals surface area contributed by atoms with Crippen molar-refractivity contribution in [1.82, 2.24) is 0 Å². The van der Waals surface area contributed by atoms with Gasteiger partial charge in [0.05, 0.1) is 12.3 Å². The van der Waals surface area contributed by atoms with Gasteiger partial charge in [0.25, 0.3) is 0 Å². The quantitative estimate of drug-likeness (QED) is 0.331. The Bertz CT molecular complexity index is 798. The topological polar surface area (TPSA) is 9.23 Å². The molecular formula is C27H36BrOPSi. The molecule has 3 aromatic rings. The molecule has 0 amide bonds. The van der Waals surface area contributed by atoms with E-state index in [9.17, 15) is 0 Å². The van der Waals surface area contributed by atoms with Crippen LogP contribution in [0.2, 0.25) is 13.1 Å². The molecule has 166 valence electrons. The summed E-state index contributed by atoms with van der Waals surface area (Å²) in [5.41, 5.74) is 0.136. The van der Waals surface area contributed by atoms with Gasteiger partial charge in [0.15, 0.2) is 9.04 Å². The van der Waals surface area contributed by atoms with Crippen molar-refractivity contribution >= 4 is 32.2 Å². The van der Waals surface area contributed by atoms with Crippen LogP contribution in [0, 0.1) is 5.41 Å². The van der Waals surface area contributed by atoms with E-state index in [0.717, 1.165) is 12.6 Å². The first-order chi connectivity index (χ1) is 14.3. The van der Waals surface area contributed by atoms with Crippen molar-refractivity contribution in [3.8, 4) is 0 Å². The summed E-state index contributed by atoms with van der Waals surface area (Å²) in [5.74, 6) is 0. The van der Waals surface area contributed by atoms with Crippen molar-refractivity contribution in [2.24, 2.45) is 5.41 Å². The fraction of sp³-hybridized carbons (Fsp3) is 0.333. The highest BCUT2D eigenvalue weighted by molar-refractivity contribution is 7.95. The predicted octanol–water partition coefficient (Wildman–Crippen LogP) is 2.79. The third-order valence-corrected chi connectivity index (χ3v) is 11.1. The van der Waals surface area contributed by atoms with Gasteiger partial charge in [-0.25, -0.2) is 0 Å². The Labute approximate surface area is 202 Å². The lowest BCUT2D eigenvalue weighted by molar-refractivity contribution is -0.00000721. The van der Waals surface area contributed by atoms with Crippen LogP contribution in [0.25, 0.3) is 0 Å². The molecule has 4 heteroatoms. The first-order valence-electron chi connectivity index (χ1n) is 11.0. The second-order valence-corrected chi connectivity index (χ2v) is 15.4. The molecule has 3 aromatic carbocycles. The molecule has 0 radical (unpaired) electrons. The van der Waals surface area contributed by atoms with E-state index in [4.69, 9.17) is 4.43 Å². The third kappa shape index (κ3) is 6.39. The van der Waals surface area contributed by atoms with Crippen LogP contribution < -0.4 is 32.9 Å². The maximum absolute atomic E-state index is 6.57. The highest BCUT2D eigenvalue weighted by Gasteiger charge is 2.46. The number of hydrogen-bond donors (Lipinski definition) is 0. The number of benzene rings is 3. The van der Waals surface area contributed by atoms with Crippen LogP contribution in [-0.4, -0.2) is 21.3 Å². The molecule has 0 bridgehead atoms. The van der Waals surface area contributed by atoms with Gasteiger partial charge in [0, 0.05) is 6.42 Å². The molecule has 1 nitrogen and oxygen atoms in total. The first kappa shape index (κ1) is 26.0. The number of halogens is 1. The molecule has 0 saturated carbocycles. The fourth-order valence-electron chi connectivity index (χ4n) is 4.23. The van der Waals surface area contributed by atoms with Crippen LogP contribution >= 0.6 is 7.26 Å². The molecule has 0 aliphatic rings. The van der Waals surface area contributed by atoms with Gasteiger partial charge in [-0.3, -0.25) is 0 Å². The summed E-state index contributed by atoms with van der Waals surface area (Å²) >= 11 is 0. The summed E-state index contributed by atoms with van der Waals surface area (Å²) in [6, 6.07) is 33.5. The van der Waals surface area contributed by atoms with Gasteiger partial charge < -0.3 is 21.4 Å². The van der Waals surface area contributed by atoms with E-state index in [1.165, 1.54) is 15.9 Å². The van der Waals surface area contributed by atoms with Gasteiger partial charge in [-0.05, 0) is 54.9 Å². The SMILES string of the molecule is C[SiH](C)OC(CC[P+](c1ccccc1)(c1ccccc1)c1ccccc1)C(C)(C)C.[Br-]. The zero-order chi connectivity index (χ0) is 21.6. The Morgan fingerprint density at radius 1 is 0.710 bits per heavy atom. The highest BCUT2D eigenvalue weighted by Crippen LogP contribution is 2.56. The molecule has 31 heavy (non-hydrogen) atoms. The van der Waals surface area contributed by atoms with Crippen molar-refractivity contribution in [3.63, 3.8) is 0 Å². The van der Waals surface area contributed by atoms with E-state index in [2.05, 4.69) is 125 Å². The Balaban J connectivity index is 0.00000341. The minimum atomic E-state index is -1.78. The van der Waals surface area contributed by atoms with Gasteiger partial charge >= 0.3 is 0 Å². The van der Waals surface area contributed by atoms with Crippen molar-refractivity contribution in [2.45, 2.75) is 46.4 Å². The maximum atomic E-state index is 6.57.